The highest BCUT2D eigenvalue weighted by Crippen LogP contribution is 2.56. The number of nitrogens with zero attached hydrogens (tertiary/aromatic N) is 3. The standard InChI is InChI=1S/C100H74BN3/c1-99(2,3)71-57-82(64-31-14-8-15-32-64)97(83(58-71)65-33-16-9-17-34-65)103-90-53-49-69(63-29-12-7-13-30-63)55-86(90)101-87-56-70(74-51-52-81-79-44-27-40-68-39-26-43-78(94(68)79)80-46-28-45-77(74)95(80)81)50-54-91(87)104(93-62-73(61-92(103)96(93)101)102-88-47-24-22-41-75(88)76-42-23-25-48-89(76)102)98-84(66-35-18-10-19-36-66)59-72(100(4,5)6)60-85(98)67-37-20-11-21-38-67/h7-62H,1-6H3. The maximum absolute atomic E-state index is 2.72. The maximum atomic E-state index is 2.72. The Balaban J connectivity index is 0.988. The zero-order chi connectivity index (χ0) is 69.7. The number of benzene rings is 17. The van der Waals surface area contributed by atoms with Crippen LogP contribution in [0.3, 0.4) is 0 Å². The van der Waals surface area contributed by atoms with E-state index in [9.17, 15) is 0 Å². The van der Waals surface area contributed by atoms with Crippen LogP contribution < -0.4 is 26.2 Å². The Morgan fingerprint density at radius 2 is 0.615 bits per heavy atom. The molecule has 0 atom stereocenters. The second-order valence-corrected chi connectivity index (χ2v) is 30.7. The molecule has 18 aromatic rings. The topological polar surface area (TPSA) is 11.4 Å². The molecule has 2 aliphatic heterocycles. The molecule has 0 radical (unpaired) electrons. The summed E-state index contributed by atoms with van der Waals surface area (Å²) in [4.78, 5) is 5.44. The van der Waals surface area contributed by atoms with Crippen LogP contribution in [0.15, 0.2) is 340 Å². The second kappa shape index (κ2) is 23.5. The Morgan fingerprint density at radius 1 is 0.250 bits per heavy atom. The van der Waals surface area contributed by atoms with Crippen molar-refractivity contribution in [1.29, 1.82) is 0 Å². The average Bonchev–Trinajstić information content (AvgIpc) is 0.807. The van der Waals surface area contributed by atoms with Gasteiger partial charge in [0.25, 0.3) is 6.71 Å². The SMILES string of the molecule is CC(C)(C)c1cc(-c2ccccc2)c(N2c3ccc(-c4ccccc4)cc3B3c4cc(-c5ccc6c7cccc8cccc(c9cccc5c96)c87)ccc4N(c4c(-c5ccccc5)cc(C(C)(C)C)cc4-c4ccccc4)c4cc(-n5c6ccccc6c6ccccc65)cc2c43)c(-c2ccccc2)c1. The fraction of sp³-hybridized carbons (Fsp3) is 0.0800. The van der Waals surface area contributed by atoms with E-state index in [4.69, 9.17) is 0 Å². The largest absolute Gasteiger partial charge is 0.310 e. The van der Waals surface area contributed by atoms with E-state index in [1.54, 1.807) is 0 Å². The van der Waals surface area contributed by atoms with Gasteiger partial charge in [-0.1, -0.05) is 321 Å². The quantitative estimate of drug-likeness (QED) is 0.0811. The lowest BCUT2D eigenvalue weighted by molar-refractivity contribution is 0.590. The maximum Gasteiger partial charge on any atom is 0.252 e. The number of hydrogen-bond donors (Lipinski definition) is 0. The molecule has 2 aliphatic rings. The van der Waals surface area contributed by atoms with Crippen LogP contribution in [0.25, 0.3) is 137 Å². The van der Waals surface area contributed by atoms with Gasteiger partial charge in [0.05, 0.1) is 28.1 Å². The third-order valence-corrected chi connectivity index (χ3v) is 22.6. The van der Waals surface area contributed by atoms with E-state index in [1.807, 2.05) is 0 Å². The minimum absolute atomic E-state index is 0.198. The highest BCUT2D eigenvalue weighted by Gasteiger charge is 2.46. The summed E-state index contributed by atoms with van der Waals surface area (Å²) in [5, 5.41) is 12.7. The first-order chi connectivity index (χ1) is 50.9. The van der Waals surface area contributed by atoms with Crippen LogP contribution in [-0.2, 0) is 10.8 Å². The van der Waals surface area contributed by atoms with Crippen LogP contribution in [0.1, 0.15) is 52.7 Å². The molecule has 104 heavy (non-hydrogen) atoms. The minimum Gasteiger partial charge on any atom is -0.310 e. The van der Waals surface area contributed by atoms with Gasteiger partial charge in [-0.15, -0.1) is 0 Å². The van der Waals surface area contributed by atoms with E-state index in [-0.39, 0.29) is 17.5 Å². The number of fused-ring (bicyclic) bond motifs is 9. The molecule has 20 rings (SSSR count). The summed E-state index contributed by atoms with van der Waals surface area (Å²) < 4.78 is 2.55. The fourth-order valence-corrected chi connectivity index (χ4v) is 17.6. The molecule has 0 spiro atoms. The van der Waals surface area contributed by atoms with Crippen molar-refractivity contribution < 1.29 is 0 Å². The van der Waals surface area contributed by atoms with Gasteiger partial charge in [-0.25, -0.2) is 0 Å². The lowest BCUT2D eigenvalue weighted by atomic mass is 9.33. The van der Waals surface area contributed by atoms with E-state index < -0.39 is 0 Å². The van der Waals surface area contributed by atoms with Crippen molar-refractivity contribution in [3.05, 3.63) is 351 Å². The Labute approximate surface area is 608 Å². The number of rotatable bonds is 9. The van der Waals surface area contributed by atoms with Crippen LogP contribution in [0.4, 0.5) is 34.1 Å². The van der Waals surface area contributed by atoms with Crippen molar-refractivity contribution >= 4 is 122 Å². The molecule has 0 bridgehead atoms. The van der Waals surface area contributed by atoms with E-state index >= 15 is 0 Å². The Kier molecular flexibility index (Phi) is 13.9. The number of anilines is 6. The van der Waals surface area contributed by atoms with Crippen molar-refractivity contribution in [2.24, 2.45) is 0 Å². The molecule has 17 aromatic carbocycles. The average molecular weight is 1330 g/mol. The van der Waals surface area contributed by atoms with E-state index in [1.165, 1.54) is 104 Å². The van der Waals surface area contributed by atoms with Crippen molar-refractivity contribution in [2.45, 2.75) is 52.4 Å². The van der Waals surface area contributed by atoms with Gasteiger partial charge in [-0.3, -0.25) is 0 Å². The molecule has 0 fully saturated rings. The van der Waals surface area contributed by atoms with Gasteiger partial charge < -0.3 is 14.4 Å². The lowest BCUT2D eigenvalue weighted by Crippen LogP contribution is -2.61. The van der Waals surface area contributed by atoms with Crippen LogP contribution in [0.2, 0.25) is 0 Å². The third-order valence-electron chi connectivity index (χ3n) is 22.6. The lowest BCUT2D eigenvalue weighted by Gasteiger charge is -2.46. The third kappa shape index (κ3) is 9.58. The van der Waals surface area contributed by atoms with Crippen molar-refractivity contribution in [1.82, 2.24) is 4.57 Å². The molecule has 3 nitrogen and oxygen atoms in total. The second-order valence-electron chi connectivity index (χ2n) is 30.7. The Bertz CT molecular complexity index is 6240. The summed E-state index contributed by atoms with van der Waals surface area (Å²) >= 11 is 0. The first-order valence-electron chi connectivity index (χ1n) is 36.7. The van der Waals surface area contributed by atoms with Gasteiger partial charge in [0.2, 0.25) is 0 Å². The summed E-state index contributed by atoms with van der Waals surface area (Å²) in [6.07, 6.45) is 0. The highest BCUT2D eigenvalue weighted by molar-refractivity contribution is 7.00. The summed E-state index contributed by atoms with van der Waals surface area (Å²) in [5.41, 5.74) is 29.9. The van der Waals surface area contributed by atoms with Crippen molar-refractivity contribution in [2.75, 3.05) is 9.80 Å². The molecule has 4 heteroatoms. The monoisotopic (exact) mass is 1330 g/mol. The minimum atomic E-state index is -0.291. The zero-order valence-electron chi connectivity index (χ0n) is 59.3. The number of para-hydroxylation sites is 2. The predicted molar refractivity (Wildman–Crippen MR) is 446 cm³/mol. The Hall–Kier alpha value is -12.5. The first kappa shape index (κ1) is 61.4. The fourth-order valence-electron chi connectivity index (χ4n) is 17.6. The van der Waals surface area contributed by atoms with Gasteiger partial charge >= 0.3 is 0 Å². The van der Waals surface area contributed by atoms with Crippen LogP contribution in [0, 0.1) is 0 Å². The molecular weight excluding hydrogens is 1250 g/mol. The van der Waals surface area contributed by atoms with Crippen molar-refractivity contribution in [3.63, 3.8) is 0 Å². The van der Waals surface area contributed by atoms with E-state index in [2.05, 4.69) is 396 Å². The molecule has 0 N–H and O–H groups in total. The smallest absolute Gasteiger partial charge is 0.252 e. The van der Waals surface area contributed by atoms with E-state index in [0.29, 0.717) is 0 Å². The molecule has 0 saturated heterocycles. The normalized spacial score (nSPS) is 12.8. The number of hydrogen-bond acceptors (Lipinski definition) is 2. The summed E-state index contributed by atoms with van der Waals surface area (Å²) in [6, 6.07) is 129. The van der Waals surface area contributed by atoms with Gasteiger partial charge in [0, 0.05) is 55.8 Å². The first-order valence-corrected chi connectivity index (χ1v) is 36.7. The van der Waals surface area contributed by atoms with Crippen LogP contribution in [-0.4, -0.2) is 11.3 Å². The van der Waals surface area contributed by atoms with Gasteiger partial charge in [0.15, 0.2) is 0 Å². The Morgan fingerprint density at radius 3 is 1.07 bits per heavy atom. The van der Waals surface area contributed by atoms with Crippen LogP contribution >= 0.6 is 0 Å². The molecule has 0 amide bonds. The van der Waals surface area contributed by atoms with E-state index in [0.717, 1.165) is 95.4 Å². The molecular formula is C100H74BN3. The van der Waals surface area contributed by atoms with Gasteiger partial charge in [0.1, 0.15) is 0 Å². The zero-order valence-corrected chi connectivity index (χ0v) is 59.3. The number of aromatic nitrogens is 1. The molecule has 1 aromatic heterocycles. The molecule has 492 valence electrons. The van der Waals surface area contributed by atoms with Crippen molar-refractivity contribution in [3.8, 4) is 72.4 Å². The molecule has 0 aliphatic carbocycles. The van der Waals surface area contributed by atoms with Gasteiger partial charge in [-0.05, 0) is 187 Å². The summed E-state index contributed by atoms with van der Waals surface area (Å²) in [6.45, 7) is 13.9. The predicted octanol–water partition coefficient (Wildman–Crippen LogP) is 25.5. The molecule has 0 unspecified atom stereocenters. The summed E-state index contributed by atoms with van der Waals surface area (Å²) in [7, 11) is 0. The van der Waals surface area contributed by atoms with Gasteiger partial charge in [-0.2, -0.15) is 0 Å². The molecule has 3 heterocycles. The molecule has 0 saturated carbocycles. The highest BCUT2D eigenvalue weighted by atomic mass is 15.2. The summed E-state index contributed by atoms with van der Waals surface area (Å²) in [5.74, 6) is 0. The van der Waals surface area contributed by atoms with Crippen LogP contribution in [0.5, 0.6) is 0 Å².